The molecular formula is C21H26N4O4S. The number of thioether (sulfide) groups is 1. The summed E-state index contributed by atoms with van der Waals surface area (Å²) >= 11 is 1.29. The quantitative estimate of drug-likeness (QED) is 0.307. The van der Waals surface area contributed by atoms with Crippen molar-refractivity contribution < 1.29 is 18.7 Å². The average Bonchev–Trinajstić information content (AvgIpc) is 3.39. The van der Waals surface area contributed by atoms with Gasteiger partial charge in [0.05, 0.1) is 29.7 Å². The maximum atomic E-state index is 13.0. The molecule has 0 aliphatic heterocycles. The van der Waals surface area contributed by atoms with E-state index in [1.165, 1.54) is 11.8 Å². The summed E-state index contributed by atoms with van der Waals surface area (Å²) in [5, 5.41) is 9.16. The smallest absolute Gasteiger partial charge is 0.340 e. The van der Waals surface area contributed by atoms with Crippen molar-refractivity contribution in [2.24, 2.45) is 5.92 Å². The van der Waals surface area contributed by atoms with Gasteiger partial charge in [0.1, 0.15) is 0 Å². The molecule has 0 bridgehead atoms. The number of rotatable bonds is 9. The molecule has 0 radical (unpaired) electrons. The molecule has 0 atom stereocenters. The Morgan fingerprint density at radius 1 is 1.23 bits per heavy atom. The van der Waals surface area contributed by atoms with Crippen molar-refractivity contribution in [3.05, 3.63) is 40.9 Å². The first-order valence-electron chi connectivity index (χ1n) is 9.82. The number of nitrogens with one attached hydrogen (secondary N) is 1. The average molecular weight is 431 g/mol. The number of carbonyl (C=O) groups is 2. The van der Waals surface area contributed by atoms with Gasteiger partial charge in [-0.25, -0.2) is 4.79 Å². The number of aromatic nitrogens is 4. The van der Waals surface area contributed by atoms with Crippen LogP contribution in [0, 0.1) is 19.8 Å². The van der Waals surface area contributed by atoms with Crippen molar-refractivity contribution in [3.8, 4) is 11.6 Å². The third-order valence-corrected chi connectivity index (χ3v) is 5.44. The van der Waals surface area contributed by atoms with E-state index >= 15 is 0 Å². The third kappa shape index (κ3) is 4.51. The fourth-order valence-electron chi connectivity index (χ4n) is 3.30. The summed E-state index contributed by atoms with van der Waals surface area (Å²) in [5.74, 6) is 1.08. The molecule has 0 saturated carbocycles. The number of furan rings is 1. The second-order valence-electron chi connectivity index (χ2n) is 7.35. The molecule has 0 amide bonds. The van der Waals surface area contributed by atoms with Crippen molar-refractivity contribution in [3.63, 3.8) is 0 Å². The predicted molar refractivity (Wildman–Crippen MR) is 114 cm³/mol. The number of esters is 1. The second kappa shape index (κ2) is 9.34. The van der Waals surface area contributed by atoms with Gasteiger partial charge in [0.15, 0.2) is 22.5 Å². The zero-order valence-corrected chi connectivity index (χ0v) is 18.6. The van der Waals surface area contributed by atoms with Crippen molar-refractivity contribution >= 4 is 23.5 Å². The predicted octanol–water partition coefficient (Wildman–Crippen LogP) is 4.29. The minimum Gasteiger partial charge on any atom is -0.462 e. The van der Waals surface area contributed by atoms with Crippen LogP contribution in [0.5, 0.6) is 0 Å². The third-order valence-electron chi connectivity index (χ3n) is 4.47. The molecule has 8 nitrogen and oxygen atoms in total. The maximum absolute atomic E-state index is 13.0. The van der Waals surface area contributed by atoms with Gasteiger partial charge in [-0.1, -0.05) is 25.6 Å². The summed E-state index contributed by atoms with van der Waals surface area (Å²) in [6.45, 7) is 10.4. The van der Waals surface area contributed by atoms with Crippen LogP contribution in [0.4, 0.5) is 0 Å². The molecule has 0 aromatic carbocycles. The molecule has 3 aromatic heterocycles. The first-order valence-corrected chi connectivity index (χ1v) is 10.8. The van der Waals surface area contributed by atoms with E-state index in [9.17, 15) is 9.59 Å². The Hall–Kier alpha value is -2.81. The Morgan fingerprint density at radius 3 is 2.60 bits per heavy atom. The Labute approximate surface area is 179 Å². The van der Waals surface area contributed by atoms with Crippen LogP contribution in [0.25, 0.3) is 11.6 Å². The molecule has 0 unspecified atom stereocenters. The van der Waals surface area contributed by atoms with Crippen LogP contribution < -0.4 is 0 Å². The van der Waals surface area contributed by atoms with E-state index in [0.717, 1.165) is 0 Å². The van der Waals surface area contributed by atoms with Gasteiger partial charge in [-0.3, -0.25) is 9.36 Å². The number of aromatic amines is 1. The fourth-order valence-corrected chi connectivity index (χ4v) is 4.12. The minimum atomic E-state index is -0.490. The van der Waals surface area contributed by atoms with Gasteiger partial charge >= 0.3 is 5.97 Å². The monoisotopic (exact) mass is 430 g/mol. The van der Waals surface area contributed by atoms with Gasteiger partial charge in [0, 0.05) is 17.9 Å². The summed E-state index contributed by atoms with van der Waals surface area (Å²) in [6, 6.07) is 3.63. The van der Waals surface area contributed by atoms with E-state index in [1.54, 1.807) is 33.1 Å². The fraction of sp³-hybridized carbons (Fsp3) is 0.429. The van der Waals surface area contributed by atoms with E-state index in [-0.39, 0.29) is 18.1 Å². The summed E-state index contributed by atoms with van der Waals surface area (Å²) in [4.78, 5) is 28.5. The SMILES string of the molecule is CCOC(=O)c1c(C)[nH]c(C)c1C(=O)CSc1nnc(-c2ccco2)n1CC(C)C. The van der Waals surface area contributed by atoms with Gasteiger partial charge in [0.2, 0.25) is 0 Å². The number of hydrogen-bond acceptors (Lipinski definition) is 7. The topological polar surface area (TPSA) is 103 Å². The zero-order chi connectivity index (χ0) is 21.8. The second-order valence-corrected chi connectivity index (χ2v) is 8.29. The Morgan fingerprint density at radius 2 is 1.97 bits per heavy atom. The van der Waals surface area contributed by atoms with Gasteiger partial charge in [-0.15, -0.1) is 10.2 Å². The van der Waals surface area contributed by atoms with Gasteiger partial charge in [-0.05, 0) is 38.8 Å². The molecular weight excluding hydrogens is 404 g/mol. The lowest BCUT2D eigenvalue weighted by Crippen LogP contribution is -2.14. The van der Waals surface area contributed by atoms with Crippen molar-refractivity contribution in [2.75, 3.05) is 12.4 Å². The van der Waals surface area contributed by atoms with Crippen molar-refractivity contribution in [1.82, 2.24) is 19.7 Å². The Balaban J connectivity index is 1.84. The standard InChI is InChI=1S/C21H26N4O4S/c1-6-28-20(27)18-14(5)22-13(4)17(18)15(26)11-30-21-24-23-19(16-8-7-9-29-16)25(21)10-12(2)3/h7-9,12,22H,6,10-11H2,1-5H3. The molecule has 1 N–H and O–H groups in total. The summed E-state index contributed by atoms with van der Waals surface area (Å²) in [5.41, 5.74) is 1.96. The number of carbonyl (C=O) groups excluding carboxylic acids is 2. The molecule has 0 saturated heterocycles. The highest BCUT2D eigenvalue weighted by Crippen LogP contribution is 2.27. The van der Waals surface area contributed by atoms with Crippen molar-refractivity contribution in [1.29, 1.82) is 0 Å². The lowest BCUT2D eigenvalue weighted by atomic mass is 10.1. The molecule has 9 heteroatoms. The number of hydrogen-bond donors (Lipinski definition) is 1. The zero-order valence-electron chi connectivity index (χ0n) is 17.8. The van der Waals surface area contributed by atoms with E-state index in [4.69, 9.17) is 9.15 Å². The Bertz CT molecular complexity index is 1030. The highest BCUT2D eigenvalue weighted by Gasteiger charge is 2.26. The van der Waals surface area contributed by atoms with Crippen LogP contribution in [-0.2, 0) is 11.3 Å². The van der Waals surface area contributed by atoms with Gasteiger partial charge < -0.3 is 14.1 Å². The molecule has 0 aliphatic rings. The van der Waals surface area contributed by atoms with Crippen LogP contribution in [0.1, 0.15) is 52.9 Å². The minimum absolute atomic E-state index is 0.124. The summed E-state index contributed by atoms with van der Waals surface area (Å²) in [6.07, 6.45) is 1.59. The van der Waals surface area contributed by atoms with E-state index < -0.39 is 5.97 Å². The highest BCUT2D eigenvalue weighted by atomic mass is 32.2. The van der Waals surface area contributed by atoms with Gasteiger partial charge in [0.25, 0.3) is 0 Å². The molecule has 3 rings (SSSR count). The van der Waals surface area contributed by atoms with Crippen LogP contribution in [0.2, 0.25) is 0 Å². The summed E-state index contributed by atoms with van der Waals surface area (Å²) in [7, 11) is 0. The van der Waals surface area contributed by atoms with Crippen LogP contribution >= 0.6 is 11.8 Å². The lowest BCUT2D eigenvalue weighted by molar-refractivity contribution is 0.0522. The molecule has 0 spiro atoms. The van der Waals surface area contributed by atoms with Crippen molar-refractivity contribution in [2.45, 2.75) is 46.3 Å². The molecule has 3 aromatic rings. The normalized spacial score (nSPS) is 11.3. The number of H-pyrrole nitrogens is 1. The molecule has 160 valence electrons. The molecule has 0 aliphatic carbocycles. The first-order chi connectivity index (χ1) is 14.3. The van der Waals surface area contributed by atoms with E-state index in [2.05, 4.69) is 29.0 Å². The van der Waals surface area contributed by atoms with E-state index in [1.807, 2.05) is 10.6 Å². The number of nitrogens with zero attached hydrogens (tertiary/aromatic N) is 3. The van der Waals surface area contributed by atoms with Crippen LogP contribution in [-0.4, -0.2) is 43.9 Å². The van der Waals surface area contributed by atoms with E-state index in [0.29, 0.717) is 51.7 Å². The largest absolute Gasteiger partial charge is 0.462 e. The maximum Gasteiger partial charge on any atom is 0.340 e. The van der Waals surface area contributed by atoms with Gasteiger partial charge in [-0.2, -0.15) is 0 Å². The number of aryl methyl sites for hydroxylation is 2. The van der Waals surface area contributed by atoms with Crippen LogP contribution in [0.3, 0.4) is 0 Å². The lowest BCUT2D eigenvalue weighted by Gasteiger charge is -2.11. The molecule has 30 heavy (non-hydrogen) atoms. The number of ether oxygens (including phenoxy) is 1. The highest BCUT2D eigenvalue weighted by molar-refractivity contribution is 7.99. The van der Waals surface area contributed by atoms with Crippen LogP contribution in [0.15, 0.2) is 28.0 Å². The first kappa shape index (κ1) is 21.9. The number of ketones is 1. The molecule has 0 fully saturated rings. The Kier molecular flexibility index (Phi) is 6.81. The number of Topliss-reactive ketones (excluding diaryl/α,β-unsaturated/α-hetero) is 1. The molecule has 3 heterocycles. The summed E-state index contributed by atoms with van der Waals surface area (Å²) < 4.78 is 12.6.